The van der Waals surface area contributed by atoms with Gasteiger partial charge in [-0.25, -0.2) is 0 Å². The number of methoxy groups -OCH3 is 2. The second kappa shape index (κ2) is 6.14. The Morgan fingerprint density at radius 1 is 0.955 bits per heavy atom. The minimum Gasteiger partial charge on any atom is -0.493 e. The first-order valence-electron chi connectivity index (χ1n) is 7.46. The summed E-state index contributed by atoms with van der Waals surface area (Å²) in [5.41, 5.74) is 4.94. The molecule has 1 aliphatic heterocycles. The molecule has 1 aliphatic rings. The van der Waals surface area contributed by atoms with Gasteiger partial charge in [-0.15, -0.1) is 0 Å². The predicted octanol–water partition coefficient (Wildman–Crippen LogP) is 3.69. The maximum absolute atomic E-state index is 5.44. The molecule has 0 atom stereocenters. The first-order chi connectivity index (χ1) is 10.7. The summed E-state index contributed by atoms with van der Waals surface area (Å²) in [5, 5.41) is 0. The lowest BCUT2D eigenvalue weighted by atomic mass is 10.0. The van der Waals surface area contributed by atoms with Crippen molar-refractivity contribution in [2.24, 2.45) is 0 Å². The van der Waals surface area contributed by atoms with Crippen molar-refractivity contribution in [3.63, 3.8) is 0 Å². The molecule has 0 amide bonds. The van der Waals surface area contributed by atoms with E-state index in [9.17, 15) is 0 Å². The van der Waals surface area contributed by atoms with Crippen molar-refractivity contribution in [2.75, 3.05) is 27.8 Å². The van der Waals surface area contributed by atoms with Crippen LogP contribution in [0, 0.1) is 0 Å². The van der Waals surface area contributed by atoms with Gasteiger partial charge >= 0.3 is 0 Å². The third kappa shape index (κ3) is 2.67. The maximum atomic E-state index is 5.44. The minimum absolute atomic E-state index is 0.773. The van der Waals surface area contributed by atoms with Crippen LogP contribution < -0.4 is 9.47 Å². The van der Waals surface area contributed by atoms with E-state index in [-0.39, 0.29) is 0 Å². The van der Waals surface area contributed by atoms with Crippen LogP contribution in [0.25, 0.3) is 11.8 Å². The zero-order valence-electron chi connectivity index (χ0n) is 13.3. The number of hydrogen-bond acceptors (Lipinski definition) is 3. The van der Waals surface area contributed by atoms with E-state index in [1.165, 1.54) is 22.4 Å². The van der Waals surface area contributed by atoms with Gasteiger partial charge in [0.1, 0.15) is 0 Å². The van der Waals surface area contributed by atoms with Crippen molar-refractivity contribution in [1.82, 2.24) is 4.90 Å². The lowest BCUT2D eigenvalue weighted by Gasteiger charge is -2.21. The molecular formula is C19H21NO2. The van der Waals surface area contributed by atoms with Crippen LogP contribution in [0.3, 0.4) is 0 Å². The SMILES string of the molecule is COc1cc2c(cc1OC)CCN(C)C(c1ccccc1)=C2. The highest BCUT2D eigenvalue weighted by molar-refractivity contribution is 5.82. The quantitative estimate of drug-likeness (QED) is 0.862. The van der Waals surface area contributed by atoms with Crippen molar-refractivity contribution in [3.8, 4) is 11.5 Å². The third-order valence-electron chi connectivity index (χ3n) is 4.13. The van der Waals surface area contributed by atoms with Crippen LogP contribution in [-0.4, -0.2) is 32.7 Å². The van der Waals surface area contributed by atoms with Crippen molar-refractivity contribution in [2.45, 2.75) is 6.42 Å². The zero-order chi connectivity index (χ0) is 15.5. The fourth-order valence-electron chi connectivity index (χ4n) is 2.87. The molecule has 0 bridgehead atoms. The van der Waals surface area contributed by atoms with E-state index in [0.29, 0.717) is 0 Å². The highest BCUT2D eigenvalue weighted by Gasteiger charge is 2.17. The summed E-state index contributed by atoms with van der Waals surface area (Å²) in [6.07, 6.45) is 3.22. The van der Waals surface area contributed by atoms with E-state index >= 15 is 0 Å². The van der Waals surface area contributed by atoms with Gasteiger partial charge in [0, 0.05) is 19.3 Å². The van der Waals surface area contributed by atoms with E-state index < -0.39 is 0 Å². The first kappa shape index (κ1) is 14.5. The fourth-order valence-corrected chi connectivity index (χ4v) is 2.87. The van der Waals surface area contributed by atoms with Gasteiger partial charge in [0.25, 0.3) is 0 Å². The number of benzene rings is 2. The average molecular weight is 295 g/mol. The smallest absolute Gasteiger partial charge is 0.161 e. The average Bonchev–Trinajstić information content (AvgIpc) is 2.73. The fraction of sp³-hybridized carbons (Fsp3) is 0.263. The molecule has 0 radical (unpaired) electrons. The van der Waals surface area contributed by atoms with E-state index in [1.54, 1.807) is 14.2 Å². The van der Waals surface area contributed by atoms with Gasteiger partial charge in [-0.2, -0.15) is 0 Å². The summed E-state index contributed by atoms with van der Waals surface area (Å²) in [7, 11) is 5.49. The maximum Gasteiger partial charge on any atom is 0.161 e. The summed E-state index contributed by atoms with van der Waals surface area (Å²) in [5.74, 6) is 1.56. The second-order valence-corrected chi connectivity index (χ2v) is 5.47. The van der Waals surface area contributed by atoms with Crippen LogP contribution in [0.4, 0.5) is 0 Å². The molecule has 0 fully saturated rings. The lowest BCUT2D eigenvalue weighted by Crippen LogP contribution is -2.18. The first-order valence-corrected chi connectivity index (χ1v) is 7.46. The lowest BCUT2D eigenvalue weighted by molar-refractivity contribution is 0.354. The molecular weight excluding hydrogens is 274 g/mol. The van der Waals surface area contributed by atoms with Gasteiger partial charge in [0.05, 0.1) is 14.2 Å². The normalized spacial score (nSPS) is 14.0. The summed E-state index contributed by atoms with van der Waals surface area (Å²) >= 11 is 0. The molecule has 3 nitrogen and oxygen atoms in total. The van der Waals surface area contributed by atoms with Crippen molar-refractivity contribution < 1.29 is 9.47 Å². The molecule has 3 heteroatoms. The summed E-state index contributed by atoms with van der Waals surface area (Å²) in [6, 6.07) is 14.6. The molecule has 22 heavy (non-hydrogen) atoms. The predicted molar refractivity (Wildman–Crippen MR) is 90.2 cm³/mol. The summed E-state index contributed by atoms with van der Waals surface area (Å²) in [6.45, 7) is 0.975. The monoisotopic (exact) mass is 295 g/mol. The molecule has 2 aromatic rings. The molecule has 0 N–H and O–H groups in total. The molecule has 1 heterocycles. The number of likely N-dealkylation sites (N-methyl/N-ethyl adjacent to an activating group) is 1. The Labute approximate surface area is 131 Å². The van der Waals surface area contributed by atoms with Gasteiger partial charge in [-0.3, -0.25) is 0 Å². The van der Waals surface area contributed by atoms with Crippen LogP contribution in [0.5, 0.6) is 11.5 Å². The van der Waals surface area contributed by atoms with Crippen LogP contribution in [0.2, 0.25) is 0 Å². The van der Waals surface area contributed by atoms with E-state index in [4.69, 9.17) is 9.47 Å². The highest BCUT2D eigenvalue weighted by atomic mass is 16.5. The van der Waals surface area contributed by atoms with Crippen molar-refractivity contribution in [1.29, 1.82) is 0 Å². The second-order valence-electron chi connectivity index (χ2n) is 5.47. The summed E-state index contributed by atoms with van der Waals surface area (Å²) < 4.78 is 10.9. The van der Waals surface area contributed by atoms with E-state index in [1.807, 2.05) is 6.07 Å². The van der Waals surface area contributed by atoms with E-state index in [2.05, 4.69) is 54.4 Å². The number of nitrogens with zero attached hydrogens (tertiary/aromatic N) is 1. The molecule has 3 rings (SSSR count). The standard InChI is InChI=1S/C19H21NO2/c1-20-10-9-15-12-18(21-2)19(22-3)13-16(15)11-17(20)14-7-5-4-6-8-14/h4-8,11-13H,9-10H2,1-3H3. The summed E-state index contributed by atoms with van der Waals surface area (Å²) in [4.78, 5) is 2.30. The molecule has 0 saturated carbocycles. The van der Waals surface area contributed by atoms with E-state index in [0.717, 1.165) is 24.5 Å². The largest absolute Gasteiger partial charge is 0.493 e. The third-order valence-corrected chi connectivity index (χ3v) is 4.13. The molecule has 0 saturated heterocycles. The van der Waals surface area contributed by atoms with Crippen molar-refractivity contribution >= 4 is 11.8 Å². The molecule has 0 aromatic heterocycles. The molecule has 2 aromatic carbocycles. The molecule has 0 unspecified atom stereocenters. The molecule has 0 spiro atoms. The minimum atomic E-state index is 0.773. The molecule has 0 aliphatic carbocycles. The number of hydrogen-bond donors (Lipinski definition) is 0. The van der Waals surface area contributed by atoms with Gasteiger partial charge in [-0.1, -0.05) is 30.3 Å². The van der Waals surface area contributed by atoms with Gasteiger partial charge in [-0.05, 0) is 41.3 Å². The molecule has 114 valence electrons. The number of ether oxygens (including phenoxy) is 2. The number of fused-ring (bicyclic) bond motifs is 1. The van der Waals surface area contributed by atoms with Crippen molar-refractivity contribution in [3.05, 3.63) is 59.2 Å². The Bertz CT molecular complexity index is 692. The van der Waals surface area contributed by atoms with Crippen LogP contribution >= 0.6 is 0 Å². The van der Waals surface area contributed by atoms with Crippen LogP contribution in [0.15, 0.2) is 42.5 Å². The Balaban J connectivity index is 2.12. The van der Waals surface area contributed by atoms with Gasteiger partial charge < -0.3 is 14.4 Å². The Morgan fingerprint density at radius 3 is 2.32 bits per heavy atom. The topological polar surface area (TPSA) is 21.7 Å². The zero-order valence-corrected chi connectivity index (χ0v) is 13.3. The Hall–Kier alpha value is -2.42. The van der Waals surface area contributed by atoms with Crippen LogP contribution in [-0.2, 0) is 6.42 Å². The highest BCUT2D eigenvalue weighted by Crippen LogP contribution is 2.35. The van der Waals surface area contributed by atoms with Crippen LogP contribution in [0.1, 0.15) is 16.7 Å². The van der Waals surface area contributed by atoms with Gasteiger partial charge in [0.2, 0.25) is 0 Å². The number of rotatable bonds is 3. The Kier molecular flexibility index (Phi) is 4.05. The van der Waals surface area contributed by atoms with Gasteiger partial charge in [0.15, 0.2) is 11.5 Å². The Morgan fingerprint density at radius 2 is 1.64 bits per heavy atom.